The highest BCUT2D eigenvalue weighted by Gasteiger charge is 2.49. The average molecular weight is 392 g/mol. The maximum absolute atomic E-state index is 12.5. The minimum atomic E-state index is -2.98. The first kappa shape index (κ1) is 16.4. The van der Waals surface area contributed by atoms with Crippen LogP contribution >= 0.6 is 15.9 Å². The van der Waals surface area contributed by atoms with E-state index in [1.54, 1.807) is 0 Å². The third-order valence-corrected chi connectivity index (χ3v) is 5.32. The minimum absolute atomic E-state index is 0.0463. The van der Waals surface area contributed by atoms with Gasteiger partial charge in [0.05, 0.1) is 14.9 Å². The molecule has 0 unspecified atom stereocenters. The molecule has 0 aromatic heterocycles. The smallest absolute Gasteiger partial charge is 0.387 e. The second-order valence-corrected chi connectivity index (χ2v) is 6.87. The van der Waals surface area contributed by atoms with E-state index in [9.17, 15) is 18.9 Å². The lowest BCUT2D eigenvalue weighted by atomic mass is 9.86. The molecule has 9 heteroatoms. The highest BCUT2D eigenvalue weighted by atomic mass is 79.9. The number of halogens is 3. The van der Waals surface area contributed by atoms with E-state index in [4.69, 9.17) is 0 Å². The molecule has 126 valence electrons. The van der Waals surface area contributed by atoms with Crippen molar-refractivity contribution < 1.29 is 18.4 Å². The number of hydrogen-bond acceptors (Lipinski definition) is 5. The van der Waals surface area contributed by atoms with Crippen molar-refractivity contribution in [1.29, 1.82) is 0 Å². The van der Waals surface area contributed by atoms with Gasteiger partial charge in [-0.25, -0.2) is 0 Å². The Kier molecular flexibility index (Phi) is 4.18. The molecule has 2 fully saturated rings. The Balaban J connectivity index is 1.90. The number of benzene rings is 1. The molecule has 2 saturated heterocycles. The maximum Gasteiger partial charge on any atom is 0.387 e. The van der Waals surface area contributed by atoms with E-state index < -0.39 is 11.5 Å². The molecule has 2 aliphatic heterocycles. The van der Waals surface area contributed by atoms with Crippen molar-refractivity contribution in [2.45, 2.75) is 25.0 Å². The molecule has 0 radical (unpaired) electrons. The number of likely N-dealkylation sites (tertiary alicyclic amines) is 1. The largest absolute Gasteiger partial charge is 0.434 e. The van der Waals surface area contributed by atoms with Crippen molar-refractivity contribution in [3.05, 3.63) is 26.7 Å². The monoisotopic (exact) mass is 391 g/mol. The fourth-order valence-electron chi connectivity index (χ4n) is 3.43. The molecule has 1 spiro atoms. The normalized spacial score (nSPS) is 20.1. The Morgan fingerprint density at radius 1 is 1.43 bits per heavy atom. The van der Waals surface area contributed by atoms with Gasteiger partial charge in [-0.05, 0) is 42.4 Å². The molecular formula is C14H16BrF2N3O3. The SMILES string of the molecule is CN1CCCC12CN(c1cc(OC(F)F)c(Br)cc1[N+](=O)[O-])C2. The first-order valence-electron chi connectivity index (χ1n) is 7.21. The standard InChI is InChI=1S/C14H16BrF2N3O3/c1-18-4-2-3-14(18)7-19(8-14)10-6-12(23-13(16)17)9(15)5-11(10)20(21)22/h5-6,13H,2-4,7-8H2,1H3. The van der Waals surface area contributed by atoms with Gasteiger partial charge in [0.15, 0.2) is 0 Å². The molecule has 1 aromatic carbocycles. The third-order valence-electron chi connectivity index (χ3n) is 4.70. The summed E-state index contributed by atoms with van der Waals surface area (Å²) < 4.78 is 29.5. The number of nitro groups is 1. The number of alkyl halides is 2. The molecule has 23 heavy (non-hydrogen) atoms. The van der Waals surface area contributed by atoms with E-state index in [2.05, 4.69) is 25.6 Å². The van der Waals surface area contributed by atoms with E-state index in [0.29, 0.717) is 18.8 Å². The number of anilines is 1. The van der Waals surface area contributed by atoms with Crippen LogP contribution in [0.25, 0.3) is 0 Å². The molecule has 2 aliphatic rings. The maximum atomic E-state index is 12.5. The Morgan fingerprint density at radius 3 is 2.65 bits per heavy atom. The summed E-state index contributed by atoms with van der Waals surface area (Å²) >= 11 is 3.05. The predicted molar refractivity (Wildman–Crippen MR) is 84.2 cm³/mol. The van der Waals surface area contributed by atoms with Gasteiger partial charge in [-0.3, -0.25) is 15.0 Å². The molecule has 0 N–H and O–H groups in total. The summed E-state index contributed by atoms with van der Waals surface area (Å²) in [5.74, 6) is -0.0960. The van der Waals surface area contributed by atoms with Crippen LogP contribution in [-0.4, -0.2) is 48.7 Å². The lowest BCUT2D eigenvalue weighted by molar-refractivity contribution is -0.384. The Bertz CT molecular complexity index is 638. The fraction of sp³-hybridized carbons (Fsp3) is 0.571. The van der Waals surface area contributed by atoms with Crippen molar-refractivity contribution in [2.75, 3.05) is 31.6 Å². The lowest BCUT2D eigenvalue weighted by Gasteiger charge is -2.52. The minimum Gasteiger partial charge on any atom is -0.434 e. The van der Waals surface area contributed by atoms with E-state index in [1.165, 1.54) is 12.1 Å². The third kappa shape index (κ3) is 2.87. The van der Waals surface area contributed by atoms with Crippen molar-refractivity contribution in [3.8, 4) is 5.75 Å². The summed E-state index contributed by atoms with van der Waals surface area (Å²) in [6.45, 7) is -0.666. The molecule has 0 bridgehead atoms. The number of rotatable bonds is 4. The van der Waals surface area contributed by atoms with Crippen molar-refractivity contribution in [2.24, 2.45) is 0 Å². The zero-order chi connectivity index (χ0) is 16.8. The van der Waals surface area contributed by atoms with Crippen molar-refractivity contribution >= 4 is 27.3 Å². The number of ether oxygens (including phenoxy) is 1. The fourth-order valence-corrected chi connectivity index (χ4v) is 3.85. The van der Waals surface area contributed by atoms with E-state index in [0.717, 1.165) is 19.4 Å². The number of nitrogens with zero attached hydrogens (tertiary/aromatic N) is 3. The first-order chi connectivity index (χ1) is 10.8. The average Bonchev–Trinajstić information content (AvgIpc) is 2.80. The quantitative estimate of drug-likeness (QED) is 0.582. The van der Waals surface area contributed by atoms with Crippen LogP contribution in [0, 0.1) is 10.1 Å². The molecule has 3 rings (SSSR count). The summed E-state index contributed by atoms with van der Waals surface area (Å²) in [6.07, 6.45) is 2.15. The van der Waals surface area contributed by atoms with Crippen molar-refractivity contribution in [1.82, 2.24) is 4.90 Å². The van der Waals surface area contributed by atoms with Gasteiger partial charge in [0.2, 0.25) is 0 Å². The summed E-state index contributed by atoms with van der Waals surface area (Å²) in [4.78, 5) is 14.9. The van der Waals surface area contributed by atoms with Gasteiger partial charge in [0.1, 0.15) is 11.4 Å². The molecule has 0 atom stereocenters. The van der Waals surface area contributed by atoms with Crippen LogP contribution in [0.2, 0.25) is 0 Å². The summed E-state index contributed by atoms with van der Waals surface area (Å²) in [6, 6.07) is 2.53. The van der Waals surface area contributed by atoms with Crippen LogP contribution in [0.1, 0.15) is 12.8 Å². The Hall–Kier alpha value is -1.48. The molecule has 1 aromatic rings. The van der Waals surface area contributed by atoms with Crippen LogP contribution < -0.4 is 9.64 Å². The van der Waals surface area contributed by atoms with Gasteiger partial charge in [-0.15, -0.1) is 0 Å². The van der Waals surface area contributed by atoms with Crippen LogP contribution in [0.5, 0.6) is 5.75 Å². The van der Waals surface area contributed by atoms with Gasteiger partial charge in [0.25, 0.3) is 5.69 Å². The molecule has 0 saturated carbocycles. The van der Waals surface area contributed by atoms with Crippen LogP contribution in [-0.2, 0) is 0 Å². The summed E-state index contributed by atoms with van der Waals surface area (Å²) in [5, 5.41) is 11.3. The highest BCUT2D eigenvalue weighted by Crippen LogP contribution is 2.45. The van der Waals surface area contributed by atoms with Gasteiger partial charge < -0.3 is 9.64 Å². The molecule has 0 amide bonds. The molecular weight excluding hydrogens is 376 g/mol. The first-order valence-corrected chi connectivity index (χ1v) is 8.01. The number of likely N-dealkylation sites (N-methyl/N-ethyl adjacent to an activating group) is 1. The summed E-state index contributed by atoms with van der Waals surface area (Å²) in [5.41, 5.74) is 0.249. The topological polar surface area (TPSA) is 58.8 Å². The Morgan fingerprint density at radius 2 is 2.13 bits per heavy atom. The second kappa shape index (κ2) is 5.86. The van der Waals surface area contributed by atoms with E-state index in [-0.39, 0.29) is 21.4 Å². The van der Waals surface area contributed by atoms with Crippen molar-refractivity contribution in [3.63, 3.8) is 0 Å². The number of nitro benzene ring substituents is 1. The molecule has 0 aliphatic carbocycles. The van der Waals surface area contributed by atoms with Crippen LogP contribution in [0.3, 0.4) is 0 Å². The van der Waals surface area contributed by atoms with E-state index in [1.807, 2.05) is 11.9 Å². The zero-order valence-electron chi connectivity index (χ0n) is 12.5. The van der Waals surface area contributed by atoms with Gasteiger partial charge in [-0.1, -0.05) is 0 Å². The van der Waals surface area contributed by atoms with Crippen LogP contribution in [0.15, 0.2) is 16.6 Å². The van der Waals surface area contributed by atoms with Gasteiger partial charge >= 0.3 is 6.61 Å². The van der Waals surface area contributed by atoms with Gasteiger partial charge in [0, 0.05) is 25.2 Å². The number of hydrogen-bond donors (Lipinski definition) is 0. The van der Waals surface area contributed by atoms with E-state index >= 15 is 0 Å². The van der Waals surface area contributed by atoms with Crippen LogP contribution in [0.4, 0.5) is 20.2 Å². The molecule has 2 heterocycles. The second-order valence-electron chi connectivity index (χ2n) is 6.01. The molecule has 6 nitrogen and oxygen atoms in total. The Labute approximate surface area is 140 Å². The predicted octanol–water partition coefficient (Wildman–Crippen LogP) is 3.24. The lowest BCUT2D eigenvalue weighted by Crippen LogP contribution is -2.67. The highest BCUT2D eigenvalue weighted by molar-refractivity contribution is 9.10. The zero-order valence-corrected chi connectivity index (χ0v) is 14.1. The van der Waals surface area contributed by atoms with Gasteiger partial charge in [-0.2, -0.15) is 8.78 Å². The summed E-state index contributed by atoms with van der Waals surface area (Å²) in [7, 11) is 2.05.